The maximum atomic E-state index is 13.1. The lowest BCUT2D eigenvalue weighted by Crippen LogP contribution is -2.48. The smallest absolute Gasteiger partial charge is 0.273 e. The van der Waals surface area contributed by atoms with Crippen LogP contribution in [0, 0.1) is 17.0 Å². The van der Waals surface area contributed by atoms with Crippen molar-refractivity contribution in [1.29, 1.82) is 0 Å². The fourth-order valence-corrected chi connectivity index (χ4v) is 2.98. The number of amides is 2. The number of nitrogens with one attached hydrogen (secondary N) is 1. The Hall–Kier alpha value is -3.22. The molecule has 0 spiro atoms. The van der Waals surface area contributed by atoms with Gasteiger partial charge in [0.05, 0.1) is 11.3 Å². The Bertz CT molecular complexity index is 866. The van der Waals surface area contributed by atoms with E-state index in [0.29, 0.717) is 12.1 Å². The van der Waals surface area contributed by atoms with Crippen molar-refractivity contribution < 1.29 is 14.5 Å². The first-order valence-corrected chi connectivity index (χ1v) is 9.19. The third-order valence-electron chi connectivity index (χ3n) is 4.65. The molecule has 0 saturated carbocycles. The molecule has 0 aromatic heterocycles. The summed E-state index contributed by atoms with van der Waals surface area (Å²) in [6, 6.07) is 13.1. The second-order valence-corrected chi connectivity index (χ2v) is 6.58. The largest absolute Gasteiger partial charge is 0.355 e. The van der Waals surface area contributed by atoms with Gasteiger partial charge in [-0.3, -0.25) is 19.7 Å². The average molecular weight is 383 g/mol. The highest BCUT2D eigenvalue weighted by Crippen LogP contribution is 2.21. The highest BCUT2D eigenvalue weighted by Gasteiger charge is 2.27. The van der Waals surface area contributed by atoms with Gasteiger partial charge in [0.15, 0.2) is 0 Å². The molecule has 2 amide bonds. The van der Waals surface area contributed by atoms with Gasteiger partial charge in [0.1, 0.15) is 6.04 Å². The Morgan fingerprint density at radius 2 is 1.71 bits per heavy atom. The Labute approximate surface area is 164 Å². The second-order valence-electron chi connectivity index (χ2n) is 6.58. The number of carbonyl (C=O) groups excluding carboxylic acids is 2. The Balaban J connectivity index is 2.32. The first-order chi connectivity index (χ1) is 13.3. The number of likely N-dealkylation sites (N-methyl/N-ethyl adjacent to an activating group) is 1. The number of hydrogen-bond acceptors (Lipinski definition) is 4. The predicted molar refractivity (Wildman–Crippen MR) is 107 cm³/mol. The van der Waals surface area contributed by atoms with Crippen molar-refractivity contribution in [1.82, 2.24) is 10.2 Å². The molecule has 2 rings (SSSR count). The van der Waals surface area contributed by atoms with Crippen LogP contribution in [0.15, 0.2) is 48.5 Å². The van der Waals surface area contributed by atoms with E-state index in [1.807, 2.05) is 38.1 Å². The highest BCUT2D eigenvalue weighted by molar-refractivity contribution is 5.88. The van der Waals surface area contributed by atoms with Crippen LogP contribution >= 0.6 is 0 Å². The molecule has 0 aliphatic carbocycles. The minimum Gasteiger partial charge on any atom is -0.355 e. The summed E-state index contributed by atoms with van der Waals surface area (Å²) in [6.45, 7) is 6.13. The lowest BCUT2D eigenvalue weighted by molar-refractivity contribution is -0.385. The molecule has 0 saturated heterocycles. The van der Waals surface area contributed by atoms with Gasteiger partial charge in [-0.15, -0.1) is 0 Å². The highest BCUT2D eigenvalue weighted by atomic mass is 16.6. The van der Waals surface area contributed by atoms with E-state index in [-0.39, 0.29) is 30.5 Å². The summed E-state index contributed by atoms with van der Waals surface area (Å²) in [5.41, 5.74) is 2.16. The van der Waals surface area contributed by atoms with Gasteiger partial charge < -0.3 is 10.2 Å². The summed E-state index contributed by atoms with van der Waals surface area (Å²) in [5.74, 6) is -0.594. The van der Waals surface area contributed by atoms with Crippen molar-refractivity contribution in [3.8, 4) is 0 Å². The molecule has 1 N–H and O–H groups in total. The van der Waals surface area contributed by atoms with Crippen LogP contribution in [0.3, 0.4) is 0 Å². The number of aryl methyl sites for hydroxylation is 1. The summed E-state index contributed by atoms with van der Waals surface area (Å²) in [6.07, 6.45) is -0.146. The third-order valence-corrected chi connectivity index (χ3v) is 4.65. The van der Waals surface area contributed by atoms with Crippen molar-refractivity contribution in [3.63, 3.8) is 0 Å². The van der Waals surface area contributed by atoms with Crippen molar-refractivity contribution in [2.45, 2.75) is 39.8 Å². The molecular weight excluding hydrogens is 358 g/mol. The molecule has 148 valence electrons. The second kappa shape index (κ2) is 9.64. The van der Waals surface area contributed by atoms with Gasteiger partial charge in [0, 0.05) is 24.7 Å². The molecule has 0 radical (unpaired) electrons. The van der Waals surface area contributed by atoms with E-state index in [0.717, 1.165) is 11.1 Å². The molecule has 28 heavy (non-hydrogen) atoms. The van der Waals surface area contributed by atoms with Gasteiger partial charge in [0.2, 0.25) is 11.8 Å². The lowest BCUT2D eigenvalue weighted by Gasteiger charge is -2.29. The Morgan fingerprint density at radius 1 is 1.11 bits per heavy atom. The van der Waals surface area contributed by atoms with E-state index >= 15 is 0 Å². The monoisotopic (exact) mass is 383 g/mol. The fraction of sp³-hybridized carbons (Fsp3) is 0.333. The number of nitrogens with zero attached hydrogens (tertiary/aromatic N) is 2. The van der Waals surface area contributed by atoms with E-state index in [2.05, 4.69) is 5.32 Å². The molecule has 1 atom stereocenters. The number of hydrogen-bond donors (Lipinski definition) is 1. The molecular formula is C21H25N3O4. The first kappa shape index (κ1) is 21.1. The molecule has 0 aliphatic heterocycles. The summed E-state index contributed by atoms with van der Waals surface area (Å²) in [7, 11) is 0. The predicted octanol–water partition coefficient (Wildman–Crippen LogP) is 3.00. The van der Waals surface area contributed by atoms with E-state index < -0.39 is 11.0 Å². The Morgan fingerprint density at radius 3 is 2.32 bits per heavy atom. The van der Waals surface area contributed by atoms with Gasteiger partial charge in [-0.05, 0) is 31.9 Å². The van der Waals surface area contributed by atoms with E-state index in [1.54, 1.807) is 25.1 Å². The topological polar surface area (TPSA) is 92.6 Å². The summed E-state index contributed by atoms with van der Waals surface area (Å²) >= 11 is 0. The first-order valence-electron chi connectivity index (χ1n) is 9.19. The van der Waals surface area contributed by atoms with Crippen LogP contribution in [0.1, 0.15) is 30.5 Å². The number of rotatable bonds is 8. The van der Waals surface area contributed by atoms with E-state index in [1.165, 1.54) is 11.0 Å². The molecule has 7 heteroatoms. The number of benzene rings is 2. The minimum atomic E-state index is -0.699. The molecule has 0 bridgehead atoms. The van der Waals surface area contributed by atoms with Crippen molar-refractivity contribution in [2.75, 3.05) is 6.54 Å². The van der Waals surface area contributed by atoms with Gasteiger partial charge in [0.25, 0.3) is 5.69 Å². The van der Waals surface area contributed by atoms with Gasteiger partial charge in [-0.2, -0.15) is 0 Å². The van der Waals surface area contributed by atoms with E-state index in [4.69, 9.17) is 0 Å². The molecule has 7 nitrogen and oxygen atoms in total. The minimum absolute atomic E-state index is 0.0997. The molecule has 0 unspecified atom stereocenters. The van der Waals surface area contributed by atoms with Crippen LogP contribution in [0.5, 0.6) is 0 Å². The van der Waals surface area contributed by atoms with Crippen LogP contribution in [0.25, 0.3) is 0 Å². The number of nitro groups is 1. The normalized spacial score (nSPS) is 11.5. The Kier molecular flexibility index (Phi) is 7.26. The quantitative estimate of drug-likeness (QED) is 0.560. The molecule has 2 aromatic rings. The molecule has 0 fully saturated rings. The number of para-hydroxylation sites is 1. The maximum absolute atomic E-state index is 13.1. The fourth-order valence-electron chi connectivity index (χ4n) is 2.98. The zero-order valence-corrected chi connectivity index (χ0v) is 16.3. The van der Waals surface area contributed by atoms with Crippen LogP contribution in [0.4, 0.5) is 5.69 Å². The van der Waals surface area contributed by atoms with Crippen LogP contribution in [-0.2, 0) is 22.6 Å². The van der Waals surface area contributed by atoms with Gasteiger partial charge in [-0.1, -0.05) is 42.5 Å². The zero-order valence-electron chi connectivity index (χ0n) is 16.3. The summed E-state index contributed by atoms with van der Waals surface area (Å²) in [5, 5.41) is 14.0. The maximum Gasteiger partial charge on any atom is 0.273 e. The third kappa shape index (κ3) is 5.16. The number of nitro benzene ring substituents is 1. The number of carbonyl (C=O) groups is 2. The SMILES string of the molecule is CCNC(=O)[C@H](C)N(Cc1ccccc1C)C(=O)Cc1ccccc1[N+](=O)[O-]. The van der Waals surface area contributed by atoms with Crippen molar-refractivity contribution >= 4 is 17.5 Å². The van der Waals surface area contributed by atoms with E-state index in [9.17, 15) is 19.7 Å². The van der Waals surface area contributed by atoms with Crippen molar-refractivity contribution in [3.05, 3.63) is 75.3 Å². The standard InChI is InChI=1S/C21H25N3O4/c1-4-22-21(26)16(3)23(14-18-11-6-5-9-15(18)2)20(25)13-17-10-7-8-12-19(17)24(27)28/h5-12,16H,4,13-14H2,1-3H3,(H,22,26)/t16-/m0/s1. The zero-order chi connectivity index (χ0) is 20.7. The van der Waals surface area contributed by atoms with Gasteiger partial charge >= 0.3 is 0 Å². The van der Waals surface area contributed by atoms with Crippen LogP contribution in [-0.4, -0.2) is 34.2 Å². The summed E-state index contributed by atoms with van der Waals surface area (Å²) in [4.78, 5) is 37.7. The summed E-state index contributed by atoms with van der Waals surface area (Å²) < 4.78 is 0. The average Bonchev–Trinajstić information content (AvgIpc) is 2.67. The molecule has 0 heterocycles. The van der Waals surface area contributed by atoms with Crippen LogP contribution < -0.4 is 5.32 Å². The molecule has 2 aromatic carbocycles. The van der Waals surface area contributed by atoms with Crippen LogP contribution in [0.2, 0.25) is 0 Å². The lowest BCUT2D eigenvalue weighted by atomic mass is 10.0. The van der Waals surface area contributed by atoms with Crippen molar-refractivity contribution in [2.24, 2.45) is 0 Å². The van der Waals surface area contributed by atoms with Gasteiger partial charge in [-0.25, -0.2) is 0 Å². The molecule has 0 aliphatic rings.